The van der Waals surface area contributed by atoms with Crippen molar-refractivity contribution in [2.24, 2.45) is 0 Å². The van der Waals surface area contributed by atoms with Crippen LogP contribution in [0.3, 0.4) is 0 Å². The van der Waals surface area contributed by atoms with E-state index in [0.29, 0.717) is 22.6 Å². The molecule has 2 N–H and O–H groups in total. The molecule has 0 fully saturated rings. The zero-order chi connectivity index (χ0) is 23.4. The first-order valence-corrected chi connectivity index (χ1v) is 10.4. The average Bonchev–Trinajstić information content (AvgIpc) is 3.11. The standard InChI is InChI=1S/C26H23N3O4/c1-17-20-12-6-7-14-22(20)26(32)29(17)18(2)25(31)28-27-24(30)16-33-23-15-9-8-13-21(23)19-10-4-3-5-11-19/h3-15,18H,1,16H2,2H3,(H,27,30)(H,28,31). The van der Waals surface area contributed by atoms with Gasteiger partial charge < -0.3 is 4.74 Å². The van der Waals surface area contributed by atoms with Crippen molar-refractivity contribution in [3.05, 3.63) is 96.6 Å². The maximum Gasteiger partial charge on any atom is 0.276 e. The molecule has 3 amide bonds. The van der Waals surface area contributed by atoms with Gasteiger partial charge in [0.05, 0.1) is 0 Å². The summed E-state index contributed by atoms with van der Waals surface area (Å²) in [6.07, 6.45) is 0. The molecule has 3 aromatic rings. The molecule has 0 radical (unpaired) electrons. The minimum absolute atomic E-state index is 0.292. The van der Waals surface area contributed by atoms with Gasteiger partial charge in [-0.15, -0.1) is 0 Å². The molecule has 0 bridgehead atoms. The van der Waals surface area contributed by atoms with Crippen molar-refractivity contribution >= 4 is 23.4 Å². The second-order valence-electron chi connectivity index (χ2n) is 7.53. The van der Waals surface area contributed by atoms with E-state index in [0.717, 1.165) is 11.1 Å². The number of ether oxygens (including phenoxy) is 1. The Labute approximate surface area is 191 Å². The lowest BCUT2D eigenvalue weighted by Crippen LogP contribution is -2.51. The number of nitrogens with zero attached hydrogens (tertiary/aromatic N) is 1. The Bertz CT molecular complexity index is 1190. The highest BCUT2D eigenvalue weighted by molar-refractivity contribution is 6.10. The van der Waals surface area contributed by atoms with Crippen LogP contribution in [0.5, 0.6) is 5.75 Å². The Hall–Kier alpha value is -4.39. The van der Waals surface area contributed by atoms with E-state index in [4.69, 9.17) is 4.74 Å². The lowest BCUT2D eigenvalue weighted by Gasteiger charge is -2.24. The van der Waals surface area contributed by atoms with Crippen LogP contribution in [0.25, 0.3) is 16.8 Å². The number of hydrogen-bond acceptors (Lipinski definition) is 4. The first-order chi connectivity index (χ1) is 16.0. The molecule has 4 rings (SSSR count). The molecule has 0 saturated carbocycles. The normalized spacial score (nSPS) is 13.3. The molecule has 7 nitrogen and oxygen atoms in total. The summed E-state index contributed by atoms with van der Waals surface area (Å²) in [6.45, 7) is 5.22. The summed E-state index contributed by atoms with van der Waals surface area (Å²) in [5, 5.41) is 0. The fourth-order valence-corrected chi connectivity index (χ4v) is 3.69. The molecule has 1 heterocycles. The van der Waals surface area contributed by atoms with Crippen LogP contribution < -0.4 is 15.6 Å². The van der Waals surface area contributed by atoms with E-state index in [9.17, 15) is 14.4 Å². The number of carbonyl (C=O) groups excluding carboxylic acids is 3. The van der Waals surface area contributed by atoms with Crippen LogP contribution in [-0.4, -0.2) is 35.3 Å². The van der Waals surface area contributed by atoms with Gasteiger partial charge >= 0.3 is 0 Å². The summed E-state index contributed by atoms with van der Waals surface area (Å²) in [6, 6.07) is 23.3. The minimum atomic E-state index is -0.863. The van der Waals surface area contributed by atoms with Gasteiger partial charge in [-0.05, 0) is 24.6 Å². The molecular formula is C26H23N3O4. The summed E-state index contributed by atoms with van der Waals surface area (Å²) >= 11 is 0. The van der Waals surface area contributed by atoms with Crippen LogP contribution in [0.4, 0.5) is 0 Å². The van der Waals surface area contributed by atoms with Crippen LogP contribution in [-0.2, 0) is 9.59 Å². The van der Waals surface area contributed by atoms with Crippen molar-refractivity contribution in [1.82, 2.24) is 15.8 Å². The number of para-hydroxylation sites is 1. The molecule has 1 unspecified atom stereocenters. The molecule has 1 aliphatic rings. The number of rotatable bonds is 6. The van der Waals surface area contributed by atoms with Gasteiger partial charge in [0.2, 0.25) is 0 Å². The summed E-state index contributed by atoms with van der Waals surface area (Å²) in [7, 11) is 0. The van der Waals surface area contributed by atoms with Gasteiger partial charge in [0.1, 0.15) is 11.8 Å². The highest BCUT2D eigenvalue weighted by Gasteiger charge is 2.36. The highest BCUT2D eigenvalue weighted by atomic mass is 16.5. The third kappa shape index (κ3) is 4.48. The number of fused-ring (bicyclic) bond motifs is 1. The van der Waals surface area contributed by atoms with Crippen LogP contribution in [0.2, 0.25) is 0 Å². The van der Waals surface area contributed by atoms with Crippen LogP contribution in [0.15, 0.2) is 85.4 Å². The Morgan fingerprint density at radius 1 is 0.879 bits per heavy atom. The number of nitrogens with one attached hydrogen (secondary N) is 2. The smallest absolute Gasteiger partial charge is 0.276 e. The largest absolute Gasteiger partial charge is 0.483 e. The predicted octanol–water partition coefficient (Wildman–Crippen LogP) is 3.40. The SMILES string of the molecule is C=C1c2ccccc2C(=O)N1C(C)C(=O)NNC(=O)COc1ccccc1-c1ccccc1. The number of amides is 3. The van der Waals surface area contributed by atoms with Crippen molar-refractivity contribution in [2.45, 2.75) is 13.0 Å². The van der Waals surface area contributed by atoms with Gasteiger partial charge in [-0.2, -0.15) is 0 Å². The monoisotopic (exact) mass is 441 g/mol. The predicted molar refractivity (Wildman–Crippen MR) is 125 cm³/mol. The maximum atomic E-state index is 12.7. The van der Waals surface area contributed by atoms with Gasteiger partial charge in [-0.3, -0.25) is 30.1 Å². The molecule has 1 atom stereocenters. The van der Waals surface area contributed by atoms with E-state index in [2.05, 4.69) is 17.4 Å². The first-order valence-electron chi connectivity index (χ1n) is 10.4. The molecule has 1 aliphatic heterocycles. The zero-order valence-electron chi connectivity index (χ0n) is 18.1. The minimum Gasteiger partial charge on any atom is -0.483 e. The molecule has 0 saturated heterocycles. The van der Waals surface area contributed by atoms with Crippen LogP contribution >= 0.6 is 0 Å². The lowest BCUT2D eigenvalue weighted by molar-refractivity contribution is -0.131. The maximum absolute atomic E-state index is 12.7. The van der Waals surface area contributed by atoms with E-state index in [1.165, 1.54) is 4.90 Å². The number of carbonyl (C=O) groups is 3. The van der Waals surface area contributed by atoms with E-state index < -0.39 is 17.9 Å². The van der Waals surface area contributed by atoms with Crippen LogP contribution in [0, 0.1) is 0 Å². The first kappa shape index (κ1) is 21.8. The van der Waals surface area contributed by atoms with Crippen molar-refractivity contribution in [1.29, 1.82) is 0 Å². The molecule has 0 aromatic heterocycles. The summed E-state index contributed by atoms with van der Waals surface area (Å²) in [5.74, 6) is -0.829. The molecule has 0 aliphatic carbocycles. The van der Waals surface area contributed by atoms with E-state index in [1.54, 1.807) is 31.2 Å². The lowest BCUT2D eigenvalue weighted by atomic mass is 10.1. The Morgan fingerprint density at radius 3 is 2.18 bits per heavy atom. The summed E-state index contributed by atoms with van der Waals surface area (Å²) in [5.41, 5.74) is 8.15. The third-order valence-electron chi connectivity index (χ3n) is 5.40. The zero-order valence-corrected chi connectivity index (χ0v) is 18.1. The summed E-state index contributed by atoms with van der Waals surface area (Å²) in [4.78, 5) is 38.9. The number of hydrazine groups is 1. The van der Waals surface area contributed by atoms with E-state index in [1.807, 2.05) is 54.6 Å². The van der Waals surface area contributed by atoms with Crippen molar-refractivity contribution < 1.29 is 19.1 Å². The Balaban J connectivity index is 1.33. The third-order valence-corrected chi connectivity index (χ3v) is 5.40. The van der Waals surface area contributed by atoms with Crippen molar-refractivity contribution in [3.8, 4) is 16.9 Å². The second-order valence-corrected chi connectivity index (χ2v) is 7.53. The van der Waals surface area contributed by atoms with Gasteiger partial charge in [0, 0.05) is 22.4 Å². The van der Waals surface area contributed by atoms with Gasteiger partial charge in [0.15, 0.2) is 6.61 Å². The quantitative estimate of drug-likeness (QED) is 0.574. The highest BCUT2D eigenvalue weighted by Crippen LogP contribution is 2.33. The van der Waals surface area contributed by atoms with Gasteiger partial charge in [-0.25, -0.2) is 0 Å². The average molecular weight is 441 g/mol. The molecular weight excluding hydrogens is 418 g/mol. The molecule has 33 heavy (non-hydrogen) atoms. The number of hydrogen-bond donors (Lipinski definition) is 2. The van der Waals surface area contributed by atoms with E-state index in [-0.39, 0.29) is 12.5 Å². The topological polar surface area (TPSA) is 87.7 Å². The number of benzene rings is 3. The fourth-order valence-electron chi connectivity index (χ4n) is 3.69. The van der Waals surface area contributed by atoms with Crippen molar-refractivity contribution in [3.63, 3.8) is 0 Å². The summed E-state index contributed by atoms with van der Waals surface area (Å²) < 4.78 is 5.68. The molecule has 7 heteroatoms. The molecule has 0 spiro atoms. The van der Waals surface area contributed by atoms with E-state index >= 15 is 0 Å². The fraction of sp³-hybridized carbons (Fsp3) is 0.115. The Morgan fingerprint density at radius 2 is 1.48 bits per heavy atom. The van der Waals surface area contributed by atoms with Crippen LogP contribution in [0.1, 0.15) is 22.8 Å². The van der Waals surface area contributed by atoms with Gasteiger partial charge in [0.25, 0.3) is 17.7 Å². The Kier molecular flexibility index (Phi) is 6.22. The second kappa shape index (κ2) is 9.40. The molecule has 3 aromatic carbocycles. The van der Waals surface area contributed by atoms with Crippen molar-refractivity contribution in [2.75, 3.05) is 6.61 Å². The molecule has 166 valence electrons. The van der Waals surface area contributed by atoms with Gasteiger partial charge in [-0.1, -0.05) is 73.3 Å².